The number of hydrogen-bond donors (Lipinski definition) is 2. The Hall–Kier alpha value is -2.78. The largest absolute Gasteiger partial charge is 0.457 e. The van der Waals surface area contributed by atoms with E-state index >= 15 is 0 Å². The number of nitro groups is 1. The minimum Gasteiger partial charge on any atom is -0.457 e. The average molecular weight is 365 g/mol. The van der Waals surface area contributed by atoms with Gasteiger partial charge in [-0.15, -0.1) is 0 Å². The molecule has 1 heterocycles. The molecule has 0 saturated carbocycles. The molecule has 2 N–H and O–H groups in total. The third-order valence-corrected chi connectivity index (χ3v) is 3.94. The molecule has 9 nitrogen and oxygen atoms in total. The zero-order valence-electron chi connectivity index (χ0n) is 14.5. The van der Waals surface area contributed by atoms with E-state index in [2.05, 4.69) is 0 Å². The second kappa shape index (κ2) is 7.63. The fourth-order valence-electron chi connectivity index (χ4n) is 2.60. The van der Waals surface area contributed by atoms with Gasteiger partial charge in [0.2, 0.25) is 0 Å². The van der Waals surface area contributed by atoms with Gasteiger partial charge in [0.1, 0.15) is 11.7 Å². The number of fused-ring (bicyclic) bond motifs is 1. The molecule has 0 fully saturated rings. The van der Waals surface area contributed by atoms with E-state index in [-0.39, 0.29) is 16.5 Å². The number of carbonyl (C=O) groups is 1. The van der Waals surface area contributed by atoms with Crippen molar-refractivity contribution in [3.63, 3.8) is 0 Å². The van der Waals surface area contributed by atoms with E-state index < -0.39 is 47.4 Å². The predicted octanol–water partition coefficient (Wildman–Crippen LogP) is 1.95. The summed E-state index contributed by atoms with van der Waals surface area (Å²) >= 11 is 0. The fraction of sp³-hybridized carbons (Fsp3) is 0.412. The lowest BCUT2D eigenvalue weighted by atomic mass is 9.98. The van der Waals surface area contributed by atoms with Crippen LogP contribution in [0.25, 0.3) is 11.0 Å². The Bertz CT molecular complexity index is 915. The zero-order chi connectivity index (χ0) is 19.6. The Labute approximate surface area is 148 Å². The summed E-state index contributed by atoms with van der Waals surface area (Å²) in [6, 6.07) is 2.71. The SMILES string of the molecule is CC(C)C(=O)OC(C)c1c([N+](=O)[O-])c(=O)oc2cc(CO)c(CO)cc12. The van der Waals surface area contributed by atoms with Gasteiger partial charge in [-0.2, -0.15) is 0 Å². The normalized spacial score (nSPS) is 12.4. The molecular formula is C17H19NO8. The maximum atomic E-state index is 12.1. The molecule has 140 valence electrons. The Morgan fingerprint density at radius 2 is 1.81 bits per heavy atom. The highest BCUT2D eigenvalue weighted by Gasteiger charge is 2.31. The second-order valence-corrected chi connectivity index (χ2v) is 6.08. The number of carbonyl (C=O) groups excluding carboxylic acids is 1. The lowest BCUT2D eigenvalue weighted by molar-refractivity contribution is -0.388. The molecule has 1 aromatic carbocycles. The molecule has 0 amide bonds. The van der Waals surface area contributed by atoms with Gasteiger partial charge in [-0.05, 0) is 30.2 Å². The van der Waals surface area contributed by atoms with Gasteiger partial charge < -0.3 is 19.4 Å². The summed E-state index contributed by atoms with van der Waals surface area (Å²) in [7, 11) is 0. The Balaban J connectivity index is 2.81. The molecule has 1 atom stereocenters. The van der Waals surface area contributed by atoms with Gasteiger partial charge in [-0.1, -0.05) is 13.8 Å². The highest BCUT2D eigenvalue weighted by atomic mass is 16.6. The quantitative estimate of drug-likeness (QED) is 0.342. The summed E-state index contributed by atoms with van der Waals surface area (Å²) in [5.74, 6) is -1.04. The molecule has 0 aliphatic heterocycles. The minimum absolute atomic E-state index is 0.00991. The van der Waals surface area contributed by atoms with Gasteiger partial charge in [0.25, 0.3) is 0 Å². The van der Waals surface area contributed by atoms with Crippen LogP contribution in [0.15, 0.2) is 21.3 Å². The molecular weight excluding hydrogens is 346 g/mol. The monoisotopic (exact) mass is 365 g/mol. The lowest BCUT2D eigenvalue weighted by Crippen LogP contribution is -2.18. The maximum Gasteiger partial charge on any atom is 0.415 e. The van der Waals surface area contributed by atoms with Gasteiger partial charge in [-0.25, -0.2) is 4.79 Å². The van der Waals surface area contributed by atoms with Crippen LogP contribution in [0.1, 0.15) is 43.6 Å². The molecule has 0 radical (unpaired) electrons. The molecule has 2 aromatic rings. The number of hydrogen-bond acceptors (Lipinski definition) is 8. The third-order valence-electron chi connectivity index (χ3n) is 3.94. The molecule has 1 unspecified atom stereocenters. The van der Waals surface area contributed by atoms with Gasteiger partial charge in [-0.3, -0.25) is 14.9 Å². The highest BCUT2D eigenvalue weighted by molar-refractivity contribution is 5.85. The molecule has 26 heavy (non-hydrogen) atoms. The molecule has 1 aromatic heterocycles. The summed E-state index contributed by atoms with van der Waals surface area (Å²) in [4.78, 5) is 34.5. The van der Waals surface area contributed by atoms with Crippen molar-refractivity contribution in [2.75, 3.05) is 0 Å². The number of aliphatic hydroxyl groups is 2. The van der Waals surface area contributed by atoms with Crippen LogP contribution in [-0.2, 0) is 22.7 Å². The van der Waals surface area contributed by atoms with Crippen molar-refractivity contribution < 1.29 is 29.1 Å². The Morgan fingerprint density at radius 1 is 1.23 bits per heavy atom. The molecule has 0 saturated heterocycles. The van der Waals surface area contributed by atoms with Crippen LogP contribution in [0.4, 0.5) is 5.69 Å². The topological polar surface area (TPSA) is 140 Å². The maximum absolute atomic E-state index is 12.1. The minimum atomic E-state index is -1.19. The standard InChI is InChI=1S/C17H19NO8/c1-8(2)16(21)25-9(3)14-12-4-10(6-19)11(7-20)5-13(12)26-17(22)15(14)18(23)24/h4-5,8-9,19-20H,6-7H2,1-3H3. The van der Waals surface area contributed by atoms with Crippen LogP contribution < -0.4 is 5.63 Å². The van der Waals surface area contributed by atoms with E-state index in [1.54, 1.807) is 13.8 Å². The van der Waals surface area contributed by atoms with Gasteiger partial charge in [0, 0.05) is 5.39 Å². The van der Waals surface area contributed by atoms with Gasteiger partial charge >= 0.3 is 17.3 Å². The zero-order valence-corrected chi connectivity index (χ0v) is 14.5. The third kappa shape index (κ3) is 3.58. The Morgan fingerprint density at radius 3 is 2.31 bits per heavy atom. The van der Waals surface area contributed by atoms with E-state index in [4.69, 9.17) is 9.15 Å². The summed E-state index contributed by atoms with van der Waals surface area (Å²) in [5.41, 5.74) is -1.52. The van der Waals surface area contributed by atoms with E-state index in [1.807, 2.05) is 0 Å². The average Bonchev–Trinajstić information content (AvgIpc) is 2.58. The summed E-state index contributed by atoms with van der Waals surface area (Å²) in [5, 5.41) is 30.4. The first-order chi connectivity index (χ1) is 12.2. The smallest absolute Gasteiger partial charge is 0.415 e. The summed E-state index contributed by atoms with van der Waals surface area (Å²) in [6.07, 6.45) is -1.09. The first kappa shape index (κ1) is 19.5. The van der Waals surface area contributed by atoms with Crippen molar-refractivity contribution in [1.29, 1.82) is 0 Å². The van der Waals surface area contributed by atoms with Crippen LogP contribution in [0, 0.1) is 16.0 Å². The molecule has 0 aliphatic rings. The number of benzene rings is 1. The molecule has 0 spiro atoms. The van der Waals surface area contributed by atoms with Crippen molar-refractivity contribution in [2.24, 2.45) is 5.92 Å². The van der Waals surface area contributed by atoms with Crippen LogP contribution in [0.3, 0.4) is 0 Å². The molecule has 2 rings (SSSR count). The summed E-state index contributed by atoms with van der Waals surface area (Å²) in [6.45, 7) is 3.79. The van der Waals surface area contributed by atoms with Crippen molar-refractivity contribution in [3.05, 3.63) is 49.4 Å². The van der Waals surface area contributed by atoms with Gasteiger partial charge in [0.05, 0.1) is 29.6 Å². The van der Waals surface area contributed by atoms with E-state index in [0.717, 1.165) is 0 Å². The van der Waals surface area contributed by atoms with Crippen LogP contribution in [0.5, 0.6) is 0 Å². The number of aliphatic hydroxyl groups excluding tert-OH is 2. The number of esters is 1. The Kier molecular flexibility index (Phi) is 5.73. The van der Waals surface area contributed by atoms with Gasteiger partial charge in [0.15, 0.2) is 0 Å². The van der Waals surface area contributed by atoms with Crippen molar-refractivity contribution in [2.45, 2.75) is 40.1 Å². The number of rotatable bonds is 6. The van der Waals surface area contributed by atoms with Crippen molar-refractivity contribution >= 4 is 22.6 Å². The lowest BCUT2D eigenvalue weighted by Gasteiger charge is -2.17. The first-order valence-electron chi connectivity index (χ1n) is 7.90. The van der Waals surface area contributed by atoms with E-state index in [0.29, 0.717) is 11.1 Å². The van der Waals surface area contributed by atoms with Crippen molar-refractivity contribution in [3.8, 4) is 0 Å². The first-order valence-corrected chi connectivity index (χ1v) is 7.90. The number of nitrogens with zero attached hydrogens (tertiary/aromatic N) is 1. The van der Waals surface area contributed by atoms with Crippen LogP contribution in [0.2, 0.25) is 0 Å². The van der Waals surface area contributed by atoms with Crippen LogP contribution >= 0.6 is 0 Å². The molecule has 9 heteroatoms. The van der Waals surface area contributed by atoms with E-state index in [9.17, 15) is 29.9 Å². The number of ether oxygens (including phenoxy) is 1. The van der Waals surface area contributed by atoms with E-state index in [1.165, 1.54) is 19.1 Å². The molecule has 0 bridgehead atoms. The predicted molar refractivity (Wildman–Crippen MR) is 90.3 cm³/mol. The second-order valence-electron chi connectivity index (χ2n) is 6.08. The van der Waals surface area contributed by atoms with Crippen molar-refractivity contribution in [1.82, 2.24) is 0 Å². The highest BCUT2D eigenvalue weighted by Crippen LogP contribution is 2.34. The fourth-order valence-corrected chi connectivity index (χ4v) is 2.60. The summed E-state index contributed by atoms with van der Waals surface area (Å²) < 4.78 is 10.3. The molecule has 0 aliphatic carbocycles. The van der Waals surface area contributed by atoms with Crippen LogP contribution in [-0.4, -0.2) is 21.1 Å².